The van der Waals surface area contributed by atoms with Gasteiger partial charge >= 0.3 is 0 Å². The Bertz CT molecular complexity index is 664. The predicted octanol–water partition coefficient (Wildman–Crippen LogP) is 1.12. The first-order chi connectivity index (χ1) is 10.1. The molecule has 0 saturated heterocycles. The van der Waals surface area contributed by atoms with Crippen LogP contribution >= 0.6 is 0 Å². The number of amides is 2. The van der Waals surface area contributed by atoms with Crippen LogP contribution in [0, 0.1) is 11.6 Å². The standard InChI is InChI=1S/C13H10F2N4O2/c14-9-2-1-8(5-10(9)15)19-12(20)7-18-13(21)11-6-16-3-4-17-11/h1-6H,7H2,(H,18,21)(H,19,20). The smallest absolute Gasteiger partial charge is 0.271 e. The molecule has 21 heavy (non-hydrogen) atoms. The highest BCUT2D eigenvalue weighted by Gasteiger charge is 2.10. The Labute approximate surface area is 118 Å². The first-order valence-electron chi connectivity index (χ1n) is 5.85. The van der Waals surface area contributed by atoms with E-state index in [9.17, 15) is 18.4 Å². The van der Waals surface area contributed by atoms with Crippen LogP contribution in [0.15, 0.2) is 36.8 Å². The number of hydrogen-bond acceptors (Lipinski definition) is 4. The van der Waals surface area contributed by atoms with Gasteiger partial charge in [-0.1, -0.05) is 0 Å². The van der Waals surface area contributed by atoms with E-state index in [0.29, 0.717) is 0 Å². The van der Waals surface area contributed by atoms with Crippen molar-refractivity contribution in [3.05, 3.63) is 54.1 Å². The zero-order valence-corrected chi connectivity index (χ0v) is 10.6. The lowest BCUT2D eigenvalue weighted by molar-refractivity contribution is -0.115. The van der Waals surface area contributed by atoms with E-state index in [1.807, 2.05) is 0 Å². The van der Waals surface area contributed by atoms with Crippen molar-refractivity contribution >= 4 is 17.5 Å². The number of carbonyl (C=O) groups excluding carboxylic acids is 2. The lowest BCUT2D eigenvalue weighted by Crippen LogP contribution is -2.33. The van der Waals surface area contributed by atoms with Crippen LogP contribution in [-0.2, 0) is 4.79 Å². The first-order valence-corrected chi connectivity index (χ1v) is 5.85. The van der Waals surface area contributed by atoms with E-state index in [-0.39, 0.29) is 17.9 Å². The topological polar surface area (TPSA) is 84.0 Å². The number of hydrogen-bond donors (Lipinski definition) is 2. The molecule has 2 aromatic rings. The van der Waals surface area contributed by atoms with E-state index < -0.39 is 23.4 Å². The van der Waals surface area contributed by atoms with Crippen LogP contribution < -0.4 is 10.6 Å². The third kappa shape index (κ3) is 4.03. The van der Waals surface area contributed by atoms with E-state index >= 15 is 0 Å². The summed E-state index contributed by atoms with van der Waals surface area (Å²) in [5, 5.41) is 4.64. The molecule has 108 valence electrons. The largest absolute Gasteiger partial charge is 0.342 e. The van der Waals surface area contributed by atoms with Gasteiger partial charge in [-0.15, -0.1) is 0 Å². The average molecular weight is 292 g/mol. The van der Waals surface area contributed by atoms with Crippen molar-refractivity contribution in [3.8, 4) is 0 Å². The maximum atomic E-state index is 13.0. The maximum absolute atomic E-state index is 13.0. The highest BCUT2D eigenvalue weighted by molar-refractivity contribution is 5.98. The number of benzene rings is 1. The summed E-state index contributed by atoms with van der Waals surface area (Å²) in [4.78, 5) is 30.6. The van der Waals surface area contributed by atoms with Gasteiger partial charge in [0, 0.05) is 24.1 Å². The van der Waals surface area contributed by atoms with Gasteiger partial charge < -0.3 is 10.6 Å². The summed E-state index contributed by atoms with van der Waals surface area (Å²) in [6, 6.07) is 2.95. The summed E-state index contributed by atoms with van der Waals surface area (Å²) in [6.45, 7) is -0.339. The molecule has 1 aromatic carbocycles. The number of carbonyl (C=O) groups is 2. The first kappa shape index (κ1) is 14.5. The molecule has 0 aliphatic carbocycles. The fourth-order valence-electron chi connectivity index (χ4n) is 1.45. The maximum Gasteiger partial charge on any atom is 0.271 e. The van der Waals surface area contributed by atoms with E-state index in [4.69, 9.17) is 0 Å². The molecular formula is C13H10F2N4O2. The molecule has 0 aliphatic heterocycles. The number of rotatable bonds is 4. The molecule has 0 saturated carbocycles. The van der Waals surface area contributed by atoms with E-state index in [0.717, 1.165) is 12.1 Å². The molecule has 1 aromatic heterocycles. The Kier molecular flexibility index (Phi) is 4.50. The molecule has 0 aliphatic rings. The fourth-order valence-corrected chi connectivity index (χ4v) is 1.45. The lowest BCUT2D eigenvalue weighted by Gasteiger charge is -2.06. The third-order valence-electron chi connectivity index (χ3n) is 2.41. The summed E-state index contributed by atoms with van der Waals surface area (Å²) in [5.74, 6) is -3.23. The van der Waals surface area contributed by atoms with Gasteiger partial charge in [-0.3, -0.25) is 14.6 Å². The third-order valence-corrected chi connectivity index (χ3v) is 2.41. The second-order valence-electron chi connectivity index (χ2n) is 3.95. The van der Waals surface area contributed by atoms with E-state index in [2.05, 4.69) is 20.6 Å². The summed E-state index contributed by atoms with van der Waals surface area (Å²) in [5.41, 5.74) is 0.158. The number of halogens is 2. The highest BCUT2D eigenvalue weighted by atomic mass is 19.2. The molecule has 6 nitrogen and oxygen atoms in total. The van der Waals surface area contributed by atoms with Gasteiger partial charge in [-0.05, 0) is 12.1 Å². The van der Waals surface area contributed by atoms with Crippen molar-refractivity contribution < 1.29 is 18.4 Å². The van der Waals surface area contributed by atoms with Crippen LogP contribution in [0.4, 0.5) is 14.5 Å². The van der Waals surface area contributed by atoms with Crippen LogP contribution in [0.3, 0.4) is 0 Å². The molecule has 0 unspecified atom stereocenters. The molecule has 2 rings (SSSR count). The minimum Gasteiger partial charge on any atom is -0.342 e. The minimum atomic E-state index is -1.07. The van der Waals surface area contributed by atoms with Gasteiger partial charge in [-0.25, -0.2) is 13.8 Å². The zero-order valence-electron chi connectivity index (χ0n) is 10.6. The average Bonchev–Trinajstić information content (AvgIpc) is 2.49. The molecular weight excluding hydrogens is 282 g/mol. The second-order valence-corrected chi connectivity index (χ2v) is 3.95. The van der Waals surface area contributed by atoms with Crippen molar-refractivity contribution in [1.29, 1.82) is 0 Å². The van der Waals surface area contributed by atoms with Crippen molar-refractivity contribution in [2.45, 2.75) is 0 Å². The molecule has 0 spiro atoms. The fraction of sp³-hybridized carbons (Fsp3) is 0.0769. The Morgan fingerprint density at radius 1 is 1.14 bits per heavy atom. The van der Waals surface area contributed by atoms with Crippen molar-refractivity contribution in [2.75, 3.05) is 11.9 Å². The summed E-state index contributed by atoms with van der Waals surface area (Å²) >= 11 is 0. The number of nitrogens with one attached hydrogen (secondary N) is 2. The molecule has 0 radical (unpaired) electrons. The van der Waals surface area contributed by atoms with Gasteiger partial charge in [-0.2, -0.15) is 0 Å². The Balaban J connectivity index is 1.87. The van der Waals surface area contributed by atoms with E-state index in [1.54, 1.807) is 0 Å². The quantitative estimate of drug-likeness (QED) is 0.884. The summed E-state index contributed by atoms with van der Waals surface area (Å²) in [6.07, 6.45) is 4.01. The van der Waals surface area contributed by atoms with Crippen LogP contribution in [-0.4, -0.2) is 28.3 Å². The van der Waals surface area contributed by atoms with Gasteiger partial charge in [0.25, 0.3) is 5.91 Å². The molecule has 8 heteroatoms. The number of aromatic nitrogens is 2. The van der Waals surface area contributed by atoms with Gasteiger partial charge in [0.15, 0.2) is 11.6 Å². The van der Waals surface area contributed by atoms with Gasteiger partial charge in [0.2, 0.25) is 5.91 Å². The van der Waals surface area contributed by atoms with Crippen molar-refractivity contribution in [2.24, 2.45) is 0 Å². The molecule has 2 amide bonds. The Hall–Kier alpha value is -2.90. The van der Waals surface area contributed by atoms with Crippen molar-refractivity contribution in [1.82, 2.24) is 15.3 Å². The lowest BCUT2D eigenvalue weighted by atomic mass is 10.3. The Morgan fingerprint density at radius 2 is 1.95 bits per heavy atom. The second kappa shape index (κ2) is 6.51. The predicted molar refractivity (Wildman–Crippen MR) is 69.4 cm³/mol. The van der Waals surface area contributed by atoms with Crippen LogP contribution in [0.5, 0.6) is 0 Å². The molecule has 0 bridgehead atoms. The normalized spacial score (nSPS) is 10.0. The monoisotopic (exact) mass is 292 g/mol. The minimum absolute atomic E-state index is 0.0677. The number of nitrogens with zero attached hydrogens (tertiary/aromatic N) is 2. The highest BCUT2D eigenvalue weighted by Crippen LogP contribution is 2.12. The zero-order chi connectivity index (χ0) is 15.2. The SMILES string of the molecule is O=C(CNC(=O)c1cnccn1)Nc1ccc(F)c(F)c1. The Morgan fingerprint density at radius 3 is 2.62 bits per heavy atom. The molecule has 1 heterocycles. The molecule has 0 atom stereocenters. The number of anilines is 1. The van der Waals surface area contributed by atoms with Crippen LogP contribution in [0.2, 0.25) is 0 Å². The van der Waals surface area contributed by atoms with E-state index in [1.165, 1.54) is 24.7 Å². The van der Waals surface area contributed by atoms with Gasteiger partial charge in [0.05, 0.1) is 12.7 Å². The molecule has 2 N–H and O–H groups in total. The van der Waals surface area contributed by atoms with Gasteiger partial charge in [0.1, 0.15) is 5.69 Å². The molecule has 0 fully saturated rings. The van der Waals surface area contributed by atoms with Crippen LogP contribution in [0.25, 0.3) is 0 Å². The van der Waals surface area contributed by atoms with Crippen molar-refractivity contribution in [3.63, 3.8) is 0 Å². The van der Waals surface area contributed by atoms with Crippen LogP contribution in [0.1, 0.15) is 10.5 Å². The summed E-state index contributed by atoms with van der Waals surface area (Å²) in [7, 11) is 0. The summed E-state index contributed by atoms with van der Waals surface area (Å²) < 4.78 is 25.7.